The molecule has 1 unspecified atom stereocenters. The number of nitrogens with two attached hydrogens (primary N) is 1. The number of methoxy groups -OCH3 is 1. The number of esters is 1. The standard InChI is InChI=1S/C16H21ClN2O3/c1-3-15(19-7-5-4-6-8-19)22-16(20)11-9-12(17)13(18)10-14(11)21-2/h3,9-10,15H,1,4-8,18H2,2H3. The van der Waals surface area contributed by atoms with E-state index in [-0.39, 0.29) is 5.56 Å². The predicted octanol–water partition coefficient (Wildman–Crippen LogP) is 3.09. The Morgan fingerprint density at radius 1 is 1.41 bits per heavy atom. The normalized spacial score (nSPS) is 16.8. The van der Waals surface area contributed by atoms with E-state index in [0.29, 0.717) is 16.5 Å². The van der Waals surface area contributed by atoms with Crippen molar-refractivity contribution in [1.29, 1.82) is 0 Å². The van der Waals surface area contributed by atoms with E-state index in [1.54, 1.807) is 6.08 Å². The van der Waals surface area contributed by atoms with Crippen LogP contribution in [0.15, 0.2) is 24.8 Å². The van der Waals surface area contributed by atoms with Crippen LogP contribution in [0.3, 0.4) is 0 Å². The number of anilines is 1. The average molecular weight is 325 g/mol. The number of hydrogen-bond acceptors (Lipinski definition) is 5. The molecule has 1 aliphatic rings. The Morgan fingerprint density at radius 2 is 2.09 bits per heavy atom. The highest BCUT2D eigenvalue weighted by Gasteiger charge is 2.24. The topological polar surface area (TPSA) is 64.8 Å². The van der Waals surface area contributed by atoms with Gasteiger partial charge >= 0.3 is 5.97 Å². The van der Waals surface area contributed by atoms with Gasteiger partial charge in [-0.3, -0.25) is 4.90 Å². The summed E-state index contributed by atoms with van der Waals surface area (Å²) >= 11 is 5.99. The number of halogens is 1. The van der Waals surface area contributed by atoms with Gasteiger partial charge in [0.25, 0.3) is 0 Å². The number of benzene rings is 1. The van der Waals surface area contributed by atoms with Crippen molar-refractivity contribution in [2.24, 2.45) is 0 Å². The molecule has 1 heterocycles. The lowest BCUT2D eigenvalue weighted by molar-refractivity contribution is -0.0160. The number of hydrogen-bond donors (Lipinski definition) is 1. The van der Waals surface area contributed by atoms with Gasteiger partial charge in [-0.1, -0.05) is 24.6 Å². The van der Waals surface area contributed by atoms with Gasteiger partial charge in [-0.05, 0) is 25.0 Å². The molecule has 2 N–H and O–H groups in total. The molecule has 1 aromatic carbocycles. The Labute approximate surface area is 135 Å². The van der Waals surface area contributed by atoms with E-state index >= 15 is 0 Å². The Hall–Kier alpha value is -1.72. The molecule has 1 aliphatic heterocycles. The van der Waals surface area contributed by atoms with Gasteiger partial charge in [0.15, 0.2) is 6.23 Å². The summed E-state index contributed by atoms with van der Waals surface area (Å²) < 4.78 is 10.7. The molecule has 1 atom stereocenters. The SMILES string of the molecule is C=CC(OC(=O)c1cc(Cl)c(N)cc1OC)N1CCCCC1. The molecule has 2 rings (SSSR count). The second kappa shape index (κ2) is 7.51. The van der Waals surface area contributed by atoms with Gasteiger partial charge in [0.1, 0.15) is 11.3 Å². The van der Waals surface area contributed by atoms with E-state index in [0.717, 1.165) is 25.9 Å². The molecule has 6 heteroatoms. The van der Waals surface area contributed by atoms with Crippen LogP contribution in [0.2, 0.25) is 5.02 Å². The second-order valence-corrected chi connectivity index (χ2v) is 5.61. The van der Waals surface area contributed by atoms with Crippen LogP contribution in [0.4, 0.5) is 5.69 Å². The zero-order valence-electron chi connectivity index (χ0n) is 12.7. The Kier molecular flexibility index (Phi) is 5.69. The molecular weight excluding hydrogens is 304 g/mol. The van der Waals surface area contributed by atoms with Crippen molar-refractivity contribution in [2.45, 2.75) is 25.5 Å². The average Bonchev–Trinajstić information content (AvgIpc) is 2.55. The highest BCUT2D eigenvalue weighted by atomic mass is 35.5. The van der Waals surface area contributed by atoms with Crippen molar-refractivity contribution in [1.82, 2.24) is 4.90 Å². The monoisotopic (exact) mass is 324 g/mol. The smallest absolute Gasteiger partial charge is 0.343 e. The molecule has 0 spiro atoms. The van der Waals surface area contributed by atoms with Crippen molar-refractivity contribution in [2.75, 3.05) is 25.9 Å². The minimum atomic E-state index is -0.505. The summed E-state index contributed by atoms with van der Waals surface area (Å²) in [5.74, 6) is -0.164. The van der Waals surface area contributed by atoms with Crippen LogP contribution in [-0.4, -0.2) is 37.3 Å². The number of rotatable bonds is 5. The summed E-state index contributed by atoms with van der Waals surface area (Å²) in [6.45, 7) is 5.55. The summed E-state index contributed by atoms with van der Waals surface area (Å²) in [6, 6.07) is 2.98. The van der Waals surface area contributed by atoms with Crippen molar-refractivity contribution in [3.63, 3.8) is 0 Å². The van der Waals surface area contributed by atoms with E-state index in [1.807, 2.05) is 0 Å². The van der Waals surface area contributed by atoms with Crippen molar-refractivity contribution >= 4 is 23.3 Å². The van der Waals surface area contributed by atoms with Crippen molar-refractivity contribution in [3.8, 4) is 5.75 Å². The molecule has 0 amide bonds. The lowest BCUT2D eigenvalue weighted by Crippen LogP contribution is -2.40. The number of likely N-dealkylation sites (tertiary alicyclic amines) is 1. The summed E-state index contributed by atoms with van der Waals surface area (Å²) in [6.07, 6.45) is 4.58. The highest BCUT2D eigenvalue weighted by Crippen LogP contribution is 2.30. The fourth-order valence-corrected chi connectivity index (χ4v) is 2.68. The number of ether oxygens (including phenoxy) is 2. The van der Waals surface area contributed by atoms with Gasteiger partial charge in [0.2, 0.25) is 0 Å². The first-order chi connectivity index (χ1) is 10.6. The third-order valence-corrected chi connectivity index (χ3v) is 4.05. The van der Waals surface area contributed by atoms with Gasteiger partial charge in [-0.15, -0.1) is 0 Å². The molecule has 0 aliphatic carbocycles. The third kappa shape index (κ3) is 3.72. The zero-order chi connectivity index (χ0) is 16.1. The molecular formula is C16H21ClN2O3. The van der Waals surface area contributed by atoms with Crippen LogP contribution in [0, 0.1) is 0 Å². The van der Waals surface area contributed by atoms with E-state index in [4.69, 9.17) is 26.8 Å². The van der Waals surface area contributed by atoms with Crippen LogP contribution in [0.25, 0.3) is 0 Å². The van der Waals surface area contributed by atoms with Gasteiger partial charge in [-0.2, -0.15) is 0 Å². The van der Waals surface area contributed by atoms with Gasteiger partial charge < -0.3 is 15.2 Å². The number of nitrogen functional groups attached to an aromatic ring is 1. The number of carbonyl (C=O) groups is 1. The predicted molar refractivity (Wildman–Crippen MR) is 87.2 cm³/mol. The van der Waals surface area contributed by atoms with Crippen LogP contribution >= 0.6 is 11.6 Å². The highest BCUT2D eigenvalue weighted by molar-refractivity contribution is 6.33. The van der Waals surface area contributed by atoms with Gasteiger partial charge in [0.05, 0.1) is 17.8 Å². The fourth-order valence-electron chi connectivity index (χ4n) is 2.52. The summed E-state index contributed by atoms with van der Waals surface area (Å²) in [5.41, 5.74) is 6.33. The van der Waals surface area contributed by atoms with Crippen molar-refractivity contribution in [3.05, 3.63) is 35.4 Å². The summed E-state index contributed by atoms with van der Waals surface area (Å²) in [5, 5.41) is 0.292. The number of piperidine rings is 1. The Bertz CT molecular complexity index is 557. The molecule has 0 saturated carbocycles. The second-order valence-electron chi connectivity index (χ2n) is 5.20. The fraction of sp³-hybridized carbons (Fsp3) is 0.438. The van der Waals surface area contributed by atoms with E-state index in [1.165, 1.54) is 25.7 Å². The maximum absolute atomic E-state index is 12.4. The summed E-state index contributed by atoms with van der Waals surface area (Å²) in [4.78, 5) is 14.5. The van der Waals surface area contributed by atoms with Crippen LogP contribution in [0.1, 0.15) is 29.6 Å². The molecule has 1 saturated heterocycles. The van der Waals surface area contributed by atoms with Crippen LogP contribution in [0.5, 0.6) is 5.75 Å². The number of carbonyl (C=O) groups excluding carboxylic acids is 1. The molecule has 0 bridgehead atoms. The van der Waals surface area contributed by atoms with Gasteiger partial charge in [-0.25, -0.2) is 4.79 Å². The first kappa shape index (κ1) is 16.6. The minimum absolute atomic E-state index is 0.255. The maximum atomic E-state index is 12.4. The lowest BCUT2D eigenvalue weighted by atomic mass is 10.1. The molecule has 120 valence electrons. The lowest BCUT2D eigenvalue weighted by Gasteiger charge is -2.32. The third-order valence-electron chi connectivity index (χ3n) is 3.72. The first-order valence-electron chi connectivity index (χ1n) is 7.27. The largest absolute Gasteiger partial charge is 0.496 e. The van der Waals surface area contributed by atoms with E-state index in [2.05, 4.69) is 11.5 Å². The van der Waals surface area contributed by atoms with Crippen molar-refractivity contribution < 1.29 is 14.3 Å². The van der Waals surface area contributed by atoms with E-state index < -0.39 is 12.2 Å². The quantitative estimate of drug-likeness (QED) is 0.512. The Morgan fingerprint density at radius 3 is 2.68 bits per heavy atom. The zero-order valence-corrected chi connectivity index (χ0v) is 13.4. The minimum Gasteiger partial charge on any atom is -0.496 e. The molecule has 1 fully saturated rings. The molecule has 5 nitrogen and oxygen atoms in total. The molecule has 1 aromatic rings. The van der Waals surface area contributed by atoms with Gasteiger partial charge in [0, 0.05) is 19.2 Å². The maximum Gasteiger partial charge on any atom is 0.343 e. The molecule has 0 aromatic heterocycles. The first-order valence-corrected chi connectivity index (χ1v) is 7.65. The Balaban J connectivity index is 2.16. The molecule has 0 radical (unpaired) electrons. The van der Waals surface area contributed by atoms with Crippen LogP contribution in [-0.2, 0) is 4.74 Å². The van der Waals surface area contributed by atoms with Crippen LogP contribution < -0.4 is 10.5 Å². The van der Waals surface area contributed by atoms with E-state index in [9.17, 15) is 4.79 Å². The number of nitrogens with zero attached hydrogens (tertiary/aromatic N) is 1. The molecule has 22 heavy (non-hydrogen) atoms. The summed E-state index contributed by atoms with van der Waals surface area (Å²) in [7, 11) is 1.47.